The number of carboxylic acid groups (broad SMARTS) is 2. The number of carbonyl (C=O) groups excluding carboxylic acids is 1. The fourth-order valence-electron chi connectivity index (χ4n) is 5.27. The van der Waals surface area contributed by atoms with Gasteiger partial charge in [-0.05, 0) is 42.5 Å². The smallest absolute Gasteiger partial charge is 0.330 e. The summed E-state index contributed by atoms with van der Waals surface area (Å²) in [6.45, 7) is 7.09. The summed E-state index contributed by atoms with van der Waals surface area (Å²) in [5.41, 5.74) is 0.950. The van der Waals surface area contributed by atoms with E-state index in [2.05, 4.69) is 20.8 Å². The Bertz CT molecular complexity index is 895. The minimum Gasteiger partial charge on any atom is -0.497 e. The third-order valence-electron chi connectivity index (χ3n) is 8.47. The van der Waals surface area contributed by atoms with Crippen LogP contribution in [0.3, 0.4) is 0 Å². The quantitative estimate of drug-likeness (QED) is 0.0403. The third-order valence-corrected chi connectivity index (χ3v) is 8.47. The summed E-state index contributed by atoms with van der Waals surface area (Å²) in [6, 6.07) is 7.53. The minimum absolute atomic E-state index is 0.253. The maximum absolute atomic E-state index is 11.7. The molecular formula is C39H66O7. The van der Waals surface area contributed by atoms with Gasteiger partial charge < -0.3 is 19.7 Å². The van der Waals surface area contributed by atoms with Crippen LogP contribution in [-0.4, -0.2) is 41.8 Å². The molecule has 0 aliphatic heterocycles. The molecule has 0 bridgehead atoms. The van der Waals surface area contributed by atoms with Crippen molar-refractivity contribution in [2.24, 2.45) is 11.8 Å². The topological polar surface area (TPSA) is 110 Å². The maximum Gasteiger partial charge on any atom is 0.330 e. The molecule has 0 aromatic heterocycles. The van der Waals surface area contributed by atoms with Crippen LogP contribution in [-0.2, 0) is 19.1 Å². The van der Waals surface area contributed by atoms with Crippen molar-refractivity contribution in [3.8, 4) is 5.75 Å². The average Bonchev–Trinajstić information content (AvgIpc) is 3.05. The molecule has 0 radical (unpaired) electrons. The molecule has 264 valence electrons. The Balaban J connectivity index is 0.000000892. The largest absolute Gasteiger partial charge is 0.497 e. The van der Waals surface area contributed by atoms with Gasteiger partial charge in [-0.25, -0.2) is 4.79 Å². The molecule has 1 atom stereocenters. The van der Waals surface area contributed by atoms with Crippen LogP contribution in [0.4, 0.5) is 0 Å². The van der Waals surface area contributed by atoms with Crippen LogP contribution >= 0.6 is 0 Å². The average molecular weight is 647 g/mol. The Morgan fingerprint density at radius 1 is 0.652 bits per heavy atom. The van der Waals surface area contributed by atoms with Crippen LogP contribution in [0.25, 0.3) is 6.08 Å². The van der Waals surface area contributed by atoms with Gasteiger partial charge in [-0.15, -0.1) is 0 Å². The molecule has 2 N–H and O–H groups in total. The lowest BCUT2D eigenvalue weighted by Crippen LogP contribution is -2.23. The maximum atomic E-state index is 11.7. The highest BCUT2D eigenvalue weighted by Gasteiger charge is 2.24. The molecule has 0 fully saturated rings. The number of ether oxygens (including phenoxy) is 2. The van der Waals surface area contributed by atoms with Crippen molar-refractivity contribution in [1.82, 2.24) is 0 Å². The summed E-state index contributed by atoms with van der Waals surface area (Å²) < 4.78 is 10.4. The summed E-state index contributed by atoms with van der Waals surface area (Å²) in [5, 5.41) is 17.6. The molecule has 1 rings (SSSR count). The molecule has 1 aromatic rings. The Morgan fingerprint density at radius 3 is 1.52 bits per heavy atom. The zero-order valence-corrected chi connectivity index (χ0v) is 29.6. The molecule has 1 unspecified atom stereocenters. The monoisotopic (exact) mass is 646 g/mol. The van der Waals surface area contributed by atoms with E-state index >= 15 is 0 Å². The van der Waals surface area contributed by atoms with Crippen molar-refractivity contribution in [3.05, 3.63) is 35.9 Å². The highest BCUT2D eigenvalue weighted by atomic mass is 16.5. The lowest BCUT2D eigenvalue weighted by atomic mass is 10.00. The van der Waals surface area contributed by atoms with Gasteiger partial charge in [-0.1, -0.05) is 155 Å². The SMILES string of the molecule is CCCCC(CC)COC(=O)/C=C/c1ccc(OC)cc1.CCCCCCCCCCCCCCCCCCC(C(=O)O)C(=O)O. The first-order valence-electron chi connectivity index (χ1n) is 18.2. The lowest BCUT2D eigenvalue weighted by Gasteiger charge is -2.13. The predicted octanol–water partition coefficient (Wildman–Crippen LogP) is 10.9. The zero-order chi connectivity index (χ0) is 34.3. The van der Waals surface area contributed by atoms with E-state index in [1.54, 1.807) is 13.2 Å². The Morgan fingerprint density at radius 2 is 1.11 bits per heavy atom. The van der Waals surface area contributed by atoms with Crippen LogP contribution < -0.4 is 4.74 Å². The van der Waals surface area contributed by atoms with Crippen LogP contribution in [0, 0.1) is 11.8 Å². The lowest BCUT2D eigenvalue weighted by molar-refractivity contribution is -0.154. The third kappa shape index (κ3) is 25.4. The highest BCUT2D eigenvalue weighted by molar-refractivity contribution is 5.92. The predicted molar refractivity (Wildman–Crippen MR) is 189 cm³/mol. The normalized spacial score (nSPS) is 11.7. The fourth-order valence-corrected chi connectivity index (χ4v) is 5.27. The molecule has 0 aliphatic carbocycles. The van der Waals surface area contributed by atoms with Crippen molar-refractivity contribution in [2.75, 3.05) is 13.7 Å². The van der Waals surface area contributed by atoms with E-state index in [0.717, 1.165) is 37.0 Å². The zero-order valence-electron chi connectivity index (χ0n) is 29.6. The first-order chi connectivity index (χ1) is 22.3. The number of rotatable bonds is 28. The first-order valence-corrected chi connectivity index (χ1v) is 18.2. The Labute approximate surface area is 280 Å². The number of hydrogen-bond acceptors (Lipinski definition) is 5. The fraction of sp³-hybridized carbons (Fsp3) is 0.718. The summed E-state index contributed by atoms with van der Waals surface area (Å²) >= 11 is 0. The molecule has 0 saturated carbocycles. The number of hydrogen-bond donors (Lipinski definition) is 2. The van der Waals surface area contributed by atoms with Crippen molar-refractivity contribution < 1.29 is 34.1 Å². The number of esters is 1. The molecule has 0 aliphatic rings. The highest BCUT2D eigenvalue weighted by Crippen LogP contribution is 2.17. The Hall–Kier alpha value is -2.83. The molecule has 46 heavy (non-hydrogen) atoms. The van der Waals surface area contributed by atoms with E-state index in [0.29, 0.717) is 18.9 Å². The molecular weight excluding hydrogens is 580 g/mol. The second kappa shape index (κ2) is 30.8. The summed E-state index contributed by atoms with van der Waals surface area (Å²) in [5.74, 6) is -2.66. The molecule has 7 nitrogen and oxygen atoms in total. The summed E-state index contributed by atoms with van der Waals surface area (Å²) in [6.07, 6.45) is 28.3. The molecule has 1 aromatic carbocycles. The van der Waals surface area contributed by atoms with Gasteiger partial charge in [0, 0.05) is 6.08 Å². The summed E-state index contributed by atoms with van der Waals surface area (Å²) in [4.78, 5) is 33.2. The number of methoxy groups -OCH3 is 1. The van der Waals surface area contributed by atoms with Crippen molar-refractivity contribution in [2.45, 2.75) is 156 Å². The van der Waals surface area contributed by atoms with Crippen LogP contribution in [0.15, 0.2) is 30.3 Å². The van der Waals surface area contributed by atoms with E-state index in [1.165, 1.54) is 102 Å². The van der Waals surface area contributed by atoms with E-state index < -0.39 is 17.9 Å². The van der Waals surface area contributed by atoms with Gasteiger partial charge in [0.25, 0.3) is 0 Å². The van der Waals surface area contributed by atoms with Gasteiger partial charge in [0.2, 0.25) is 0 Å². The second-order valence-corrected chi connectivity index (χ2v) is 12.5. The van der Waals surface area contributed by atoms with Gasteiger partial charge in [-0.2, -0.15) is 0 Å². The number of carbonyl (C=O) groups is 3. The standard InChI is InChI=1S/C21H40O4.C18H26O3/c1-2-3-4-5-6-7-8-9-10-11-12-13-14-15-16-17-18-19(20(22)23)21(24)25;1-4-6-7-15(5-2)14-21-18(19)13-10-16-8-11-17(20-3)12-9-16/h19H,2-18H2,1H3,(H,22,23)(H,24,25);8-13,15H,4-7,14H2,1-3H3/b;13-10+. The van der Waals surface area contributed by atoms with Gasteiger partial charge in [-0.3, -0.25) is 9.59 Å². The molecule has 0 saturated heterocycles. The van der Waals surface area contributed by atoms with E-state index in [-0.39, 0.29) is 12.4 Å². The molecule has 0 heterocycles. The molecule has 7 heteroatoms. The van der Waals surface area contributed by atoms with Crippen molar-refractivity contribution in [1.29, 1.82) is 0 Å². The number of unbranched alkanes of at least 4 members (excludes halogenated alkanes) is 16. The van der Waals surface area contributed by atoms with Crippen molar-refractivity contribution >= 4 is 24.0 Å². The summed E-state index contributed by atoms with van der Waals surface area (Å²) in [7, 11) is 1.63. The number of benzene rings is 1. The van der Waals surface area contributed by atoms with E-state index in [1.807, 2.05) is 24.3 Å². The van der Waals surface area contributed by atoms with Gasteiger partial charge >= 0.3 is 17.9 Å². The first kappa shape index (κ1) is 43.2. The number of carboxylic acids is 2. The second-order valence-electron chi connectivity index (χ2n) is 12.5. The van der Waals surface area contributed by atoms with Crippen LogP contribution in [0.5, 0.6) is 5.75 Å². The van der Waals surface area contributed by atoms with E-state index in [4.69, 9.17) is 19.7 Å². The number of aliphatic carboxylic acids is 2. The Kier molecular flexibility index (Phi) is 28.9. The van der Waals surface area contributed by atoms with Crippen molar-refractivity contribution in [3.63, 3.8) is 0 Å². The molecule has 0 amide bonds. The molecule has 0 spiro atoms. The van der Waals surface area contributed by atoms with Gasteiger partial charge in [0.1, 0.15) is 5.75 Å². The minimum atomic E-state index is -1.23. The van der Waals surface area contributed by atoms with Gasteiger partial charge in [0.15, 0.2) is 5.92 Å². The van der Waals surface area contributed by atoms with Crippen LogP contribution in [0.1, 0.15) is 161 Å². The van der Waals surface area contributed by atoms with Crippen LogP contribution in [0.2, 0.25) is 0 Å². The van der Waals surface area contributed by atoms with E-state index in [9.17, 15) is 14.4 Å². The van der Waals surface area contributed by atoms with Gasteiger partial charge in [0.05, 0.1) is 13.7 Å².